The lowest BCUT2D eigenvalue weighted by Crippen LogP contribution is -2.21. The van der Waals surface area contributed by atoms with Crippen LogP contribution >= 0.6 is 0 Å². The molecule has 5 nitrogen and oxygen atoms in total. The van der Waals surface area contributed by atoms with Gasteiger partial charge in [0.2, 0.25) is 0 Å². The highest BCUT2D eigenvalue weighted by molar-refractivity contribution is 5.75. The number of aliphatic hydroxyl groups excluding tert-OH is 2. The van der Waals surface area contributed by atoms with Crippen LogP contribution in [0.2, 0.25) is 0 Å². The van der Waals surface area contributed by atoms with E-state index < -0.39 is 12.4 Å². The largest absolute Gasteiger partial charge is 0.510 e. The fourth-order valence-electron chi connectivity index (χ4n) is 2.19. The van der Waals surface area contributed by atoms with Crippen molar-refractivity contribution in [2.24, 2.45) is 0 Å². The quantitative estimate of drug-likeness (QED) is 0.548. The minimum absolute atomic E-state index is 0.111. The zero-order chi connectivity index (χ0) is 14.5. The van der Waals surface area contributed by atoms with Gasteiger partial charge in [0, 0.05) is 6.42 Å². The molecule has 110 valence electrons. The molecule has 0 bridgehead atoms. The molecule has 0 aromatic heterocycles. The zero-order valence-corrected chi connectivity index (χ0v) is 11.9. The fraction of sp³-hybridized carbons (Fsp3) is 0.786. The molecular formula is C14H24O5. The van der Waals surface area contributed by atoms with E-state index >= 15 is 0 Å². The molecule has 1 aliphatic rings. The van der Waals surface area contributed by atoms with Crippen LogP contribution in [0.3, 0.4) is 0 Å². The van der Waals surface area contributed by atoms with Crippen LogP contribution < -0.4 is 0 Å². The molecule has 2 unspecified atom stereocenters. The second-order valence-electron chi connectivity index (χ2n) is 5.40. The van der Waals surface area contributed by atoms with Gasteiger partial charge in [-0.1, -0.05) is 6.42 Å². The fourth-order valence-corrected chi connectivity index (χ4v) is 2.19. The Morgan fingerprint density at radius 2 is 2.00 bits per heavy atom. The van der Waals surface area contributed by atoms with E-state index in [0.717, 1.165) is 19.3 Å². The number of carbonyl (C=O) groups excluding carboxylic acids is 1. The summed E-state index contributed by atoms with van der Waals surface area (Å²) in [7, 11) is 0. The monoisotopic (exact) mass is 272 g/mol. The van der Waals surface area contributed by atoms with Gasteiger partial charge >= 0.3 is 0 Å². The van der Waals surface area contributed by atoms with Crippen molar-refractivity contribution in [1.29, 1.82) is 0 Å². The van der Waals surface area contributed by atoms with Gasteiger partial charge in [-0.3, -0.25) is 0 Å². The average Bonchev–Trinajstić information content (AvgIpc) is 2.59. The Morgan fingerprint density at radius 3 is 2.58 bits per heavy atom. The summed E-state index contributed by atoms with van der Waals surface area (Å²) in [5, 5.41) is 18.2. The van der Waals surface area contributed by atoms with Crippen LogP contribution in [-0.2, 0) is 14.3 Å². The van der Waals surface area contributed by atoms with E-state index in [0.29, 0.717) is 6.42 Å². The highest BCUT2D eigenvalue weighted by Gasteiger charge is 2.39. The zero-order valence-electron chi connectivity index (χ0n) is 11.9. The summed E-state index contributed by atoms with van der Waals surface area (Å²) >= 11 is 0. The van der Waals surface area contributed by atoms with Crippen LogP contribution in [0.4, 0.5) is 0 Å². The predicted octanol–water partition coefficient (Wildman–Crippen LogP) is 2.09. The number of ether oxygens (including phenoxy) is 2. The first-order chi connectivity index (χ1) is 8.84. The van der Waals surface area contributed by atoms with Crippen molar-refractivity contribution >= 4 is 5.78 Å². The number of carbonyl (C=O) groups is 1. The molecule has 1 heterocycles. The molecule has 0 aromatic rings. The normalized spacial score (nSPS) is 26.6. The summed E-state index contributed by atoms with van der Waals surface area (Å²) in [4.78, 5) is 10.9. The van der Waals surface area contributed by atoms with E-state index in [1.165, 1.54) is 6.08 Å². The third kappa shape index (κ3) is 5.72. The van der Waals surface area contributed by atoms with Gasteiger partial charge in [0.25, 0.3) is 0 Å². The molecule has 0 radical (unpaired) electrons. The van der Waals surface area contributed by atoms with E-state index in [1.54, 1.807) is 6.92 Å². The Morgan fingerprint density at radius 1 is 1.32 bits per heavy atom. The molecule has 1 fully saturated rings. The van der Waals surface area contributed by atoms with Gasteiger partial charge in [-0.25, -0.2) is 0 Å². The summed E-state index contributed by atoms with van der Waals surface area (Å²) < 4.78 is 11.4. The van der Waals surface area contributed by atoms with Crippen LogP contribution in [0.25, 0.3) is 0 Å². The Labute approximate surface area is 114 Å². The molecule has 19 heavy (non-hydrogen) atoms. The molecule has 5 heteroatoms. The second kappa shape index (κ2) is 7.03. The van der Waals surface area contributed by atoms with Crippen LogP contribution in [0.5, 0.6) is 0 Å². The van der Waals surface area contributed by atoms with E-state index in [1.807, 2.05) is 13.8 Å². The highest BCUT2D eigenvalue weighted by Crippen LogP contribution is 2.32. The van der Waals surface area contributed by atoms with Gasteiger partial charge in [0.15, 0.2) is 5.79 Å². The van der Waals surface area contributed by atoms with Crippen LogP contribution in [0.1, 0.15) is 46.5 Å². The summed E-state index contributed by atoms with van der Waals surface area (Å²) in [6, 6.07) is 0. The van der Waals surface area contributed by atoms with Gasteiger partial charge in [0.05, 0.1) is 12.7 Å². The van der Waals surface area contributed by atoms with Crippen molar-refractivity contribution in [3.8, 4) is 0 Å². The van der Waals surface area contributed by atoms with Gasteiger partial charge in [0.1, 0.15) is 17.6 Å². The minimum atomic E-state index is -0.692. The molecule has 1 saturated heterocycles. The predicted molar refractivity (Wildman–Crippen MR) is 70.8 cm³/mol. The van der Waals surface area contributed by atoms with E-state index in [4.69, 9.17) is 14.6 Å². The SMILES string of the molecule is CC(=O)CCCCC1OC(C)(C)OC1/C=C(\O)CO. The Hall–Kier alpha value is -0.910. The number of hydrogen-bond acceptors (Lipinski definition) is 5. The molecule has 1 aliphatic heterocycles. The summed E-state index contributed by atoms with van der Waals surface area (Å²) in [5.74, 6) is -0.611. The number of rotatable bonds is 7. The molecule has 2 atom stereocenters. The molecule has 0 aromatic carbocycles. The Kier molecular flexibility index (Phi) is 5.97. The van der Waals surface area contributed by atoms with Crippen LogP contribution in [-0.4, -0.2) is 40.6 Å². The molecule has 0 saturated carbocycles. The number of Topliss-reactive ketones (excluding diaryl/α,β-unsaturated/α-hetero) is 1. The molecule has 1 rings (SSSR count). The number of ketones is 1. The maximum atomic E-state index is 10.9. The van der Waals surface area contributed by atoms with Gasteiger partial charge in [-0.2, -0.15) is 0 Å². The van der Waals surface area contributed by atoms with Gasteiger partial charge < -0.3 is 24.5 Å². The third-order valence-electron chi connectivity index (χ3n) is 3.01. The van der Waals surface area contributed by atoms with Crippen molar-refractivity contribution in [2.75, 3.05) is 6.61 Å². The molecular weight excluding hydrogens is 248 g/mol. The van der Waals surface area contributed by atoms with Crippen molar-refractivity contribution in [3.05, 3.63) is 11.8 Å². The summed E-state index contributed by atoms with van der Waals surface area (Å²) in [6.45, 7) is 4.82. The average molecular weight is 272 g/mol. The first-order valence-electron chi connectivity index (χ1n) is 6.69. The minimum Gasteiger partial charge on any atom is -0.510 e. The van der Waals surface area contributed by atoms with Crippen molar-refractivity contribution in [2.45, 2.75) is 64.4 Å². The summed E-state index contributed by atoms with van der Waals surface area (Å²) in [5.41, 5.74) is 0. The van der Waals surface area contributed by atoms with Gasteiger partial charge in [-0.05, 0) is 39.7 Å². The maximum Gasteiger partial charge on any atom is 0.164 e. The molecule has 2 N–H and O–H groups in total. The van der Waals surface area contributed by atoms with Crippen molar-refractivity contribution in [1.82, 2.24) is 0 Å². The first-order valence-corrected chi connectivity index (χ1v) is 6.69. The topological polar surface area (TPSA) is 76.0 Å². The smallest absolute Gasteiger partial charge is 0.164 e. The second-order valence-corrected chi connectivity index (χ2v) is 5.40. The van der Waals surface area contributed by atoms with E-state index in [9.17, 15) is 9.90 Å². The lowest BCUT2D eigenvalue weighted by molar-refractivity contribution is -0.143. The highest BCUT2D eigenvalue weighted by atomic mass is 16.7. The van der Waals surface area contributed by atoms with Gasteiger partial charge in [-0.15, -0.1) is 0 Å². The molecule has 0 amide bonds. The summed E-state index contributed by atoms with van der Waals surface area (Å²) in [6.07, 6.45) is 4.02. The number of aliphatic hydroxyl groups is 2. The Balaban J connectivity index is 2.50. The number of unbranched alkanes of at least 4 members (excludes halogenated alkanes) is 1. The third-order valence-corrected chi connectivity index (χ3v) is 3.01. The van der Waals surface area contributed by atoms with E-state index in [-0.39, 0.29) is 23.8 Å². The lowest BCUT2D eigenvalue weighted by atomic mass is 10.0. The first kappa shape index (κ1) is 16.1. The van der Waals surface area contributed by atoms with Crippen molar-refractivity contribution in [3.63, 3.8) is 0 Å². The standard InChI is InChI=1S/C14H24O5/c1-10(16)6-4-5-7-12-13(8-11(17)9-15)19-14(2,3)18-12/h8,12-13,15,17H,4-7,9H2,1-3H3/b11-8-. The van der Waals surface area contributed by atoms with Crippen LogP contribution in [0, 0.1) is 0 Å². The number of hydrogen-bond donors (Lipinski definition) is 2. The van der Waals surface area contributed by atoms with Crippen LogP contribution in [0.15, 0.2) is 11.8 Å². The Bertz CT molecular complexity index is 335. The maximum absolute atomic E-state index is 10.9. The van der Waals surface area contributed by atoms with Crippen molar-refractivity contribution < 1.29 is 24.5 Å². The van der Waals surface area contributed by atoms with E-state index in [2.05, 4.69) is 0 Å². The molecule has 0 aliphatic carbocycles. The lowest BCUT2D eigenvalue weighted by Gasteiger charge is -2.16. The molecule has 0 spiro atoms.